The van der Waals surface area contributed by atoms with Gasteiger partial charge in [-0.25, -0.2) is 0 Å². The SMILES string of the molecule is Cc1c(/C=C/c2cc(OCCCCCN)c(CN3CCCC[C@H]3C(=O)OCC(C)C)cc2C(F)(F)F)cccc1-c1ccccc1. The highest BCUT2D eigenvalue weighted by Gasteiger charge is 2.36. The first-order valence-electron chi connectivity index (χ1n) is 16.4. The van der Waals surface area contributed by atoms with Crippen LogP contribution in [0, 0.1) is 12.8 Å². The summed E-state index contributed by atoms with van der Waals surface area (Å²) in [4.78, 5) is 14.9. The Labute approximate surface area is 271 Å². The number of esters is 1. The van der Waals surface area contributed by atoms with E-state index in [0.29, 0.717) is 44.0 Å². The Balaban J connectivity index is 1.70. The van der Waals surface area contributed by atoms with Crippen molar-refractivity contribution in [1.82, 2.24) is 4.90 Å². The zero-order valence-electron chi connectivity index (χ0n) is 27.2. The predicted molar refractivity (Wildman–Crippen MR) is 179 cm³/mol. The average molecular weight is 637 g/mol. The van der Waals surface area contributed by atoms with E-state index < -0.39 is 17.8 Å². The molecule has 1 aliphatic rings. The lowest BCUT2D eigenvalue weighted by Gasteiger charge is -2.34. The van der Waals surface area contributed by atoms with E-state index >= 15 is 0 Å². The van der Waals surface area contributed by atoms with Gasteiger partial charge in [0.05, 0.1) is 18.8 Å². The van der Waals surface area contributed by atoms with Crippen LogP contribution >= 0.6 is 0 Å². The Morgan fingerprint density at radius 1 is 1.00 bits per heavy atom. The van der Waals surface area contributed by atoms with Gasteiger partial charge in [-0.15, -0.1) is 0 Å². The number of alkyl halides is 3. The van der Waals surface area contributed by atoms with Crippen molar-refractivity contribution in [3.8, 4) is 16.9 Å². The van der Waals surface area contributed by atoms with E-state index in [4.69, 9.17) is 15.2 Å². The maximum Gasteiger partial charge on any atom is 0.417 e. The molecule has 0 bridgehead atoms. The summed E-state index contributed by atoms with van der Waals surface area (Å²) in [7, 11) is 0. The lowest BCUT2D eigenvalue weighted by molar-refractivity contribution is -0.153. The molecule has 3 aromatic rings. The zero-order chi connectivity index (χ0) is 33.1. The number of rotatable bonds is 14. The normalized spacial score (nSPS) is 15.9. The van der Waals surface area contributed by atoms with Crippen LogP contribution in [0.3, 0.4) is 0 Å². The molecule has 3 aromatic carbocycles. The summed E-state index contributed by atoms with van der Waals surface area (Å²) in [6.07, 6.45) is 3.47. The fraction of sp³-hybridized carbons (Fsp3) is 0.447. The molecule has 0 unspecified atom stereocenters. The van der Waals surface area contributed by atoms with Gasteiger partial charge >= 0.3 is 12.1 Å². The number of piperidine rings is 1. The molecular formula is C38H47F3N2O3. The molecule has 0 aliphatic carbocycles. The number of carbonyl (C=O) groups is 1. The van der Waals surface area contributed by atoms with Crippen LogP contribution in [0.4, 0.5) is 13.2 Å². The summed E-state index contributed by atoms with van der Waals surface area (Å²) in [5.41, 5.74) is 9.23. The fourth-order valence-corrected chi connectivity index (χ4v) is 5.84. The van der Waals surface area contributed by atoms with Gasteiger partial charge in [0.15, 0.2) is 0 Å². The van der Waals surface area contributed by atoms with Crippen molar-refractivity contribution >= 4 is 18.1 Å². The maximum absolute atomic E-state index is 14.6. The highest BCUT2D eigenvalue weighted by Crippen LogP contribution is 2.38. The first-order chi connectivity index (χ1) is 22.1. The molecule has 0 radical (unpaired) electrons. The third-order valence-electron chi connectivity index (χ3n) is 8.37. The van der Waals surface area contributed by atoms with Crippen molar-refractivity contribution in [3.05, 3.63) is 88.5 Å². The second-order valence-corrected chi connectivity index (χ2v) is 12.5. The van der Waals surface area contributed by atoms with Crippen LogP contribution in [0.25, 0.3) is 23.3 Å². The van der Waals surface area contributed by atoms with Crippen molar-refractivity contribution in [1.29, 1.82) is 0 Å². The van der Waals surface area contributed by atoms with Gasteiger partial charge in [-0.3, -0.25) is 9.69 Å². The highest BCUT2D eigenvalue weighted by molar-refractivity contribution is 5.79. The molecule has 1 fully saturated rings. The quantitative estimate of drug-likeness (QED) is 0.109. The minimum Gasteiger partial charge on any atom is -0.493 e. The number of halogens is 3. The van der Waals surface area contributed by atoms with Gasteiger partial charge in [0, 0.05) is 12.1 Å². The van der Waals surface area contributed by atoms with E-state index in [-0.39, 0.29) is 24.0 Å². The molecule has 0 spiro atoms. The van der Waals surface area contributed by atoms with Crippen molar-refractivity contribution in [2.75, 3.05) is 26.3 Å². The lowest BCUT2D eigenvalue weighted by atomic mass is 9.95. The minimum absolute atomic E-state index is 0.0317. The summed E-state index contributed by atoms with van der Waals surface area (Å²) in [5, 5.41) is 0. The average Bonchev–Trinajstić information content (AvgIpc) is 3.04. The van der Waals surface area contributed by atoms with E-state index in [2.05, 4.69) is 0 Å². The van der Waals surface area contributed by atoms with E-state index in [9.17, 15) is 18.0 Å². The molecule has 0 amide bonds. The van der Waals surface area contributed by atoms with Gasteiger partial charge in [-0.2, -0.15) is 13.2 Å². The molecule has 2 N–H and O–H groups in total. The van der Waals surface area contributed by atoms with Crippen LogP contribution in [0.15, 0.2) is 60.7 Å². The molecule has 46 heavy (non-hydrogen) atoms. The first kappa shape index (κ1) is 35.2. The number of unbranched alkanes of at least 4 members (excludes halogenated alkanes) is 2. The second kappa shape index (κ2) is 16.8. The molecule has 8 heteroatoms. The summed E-state index contributed by atoms with van der Waals surface area (Å²) in [6.45, 7) is 7.93. The molecule has 1 saturated heterocycles. The van der Waals surface area contributed by atoms with Crippen molar-refractivity contribution in [2.24, 2.45) is 11.7 Å². The number of nitrogens with two attached hydrogens (primary N) is 1. The first-order valence-corrected chi connectivity index (χ1v) is 16.4. The standard InChI is InChI=1S/C38H47F3N2O3/c1-27(2)26-46-37(44)35-17-8-10-21-43(35)25-32-23-34(38(39,40)41)31(24-36(32)45-22-11-5-9-20-42)19-18-29-15-12-16-33(28(29)3)30-13-6-4-7-14-30/h4,6-7,12-16,18-19,23-24,27,35H,5,8-11,17,20-22,25-26,42H2,1-3H3/b19-18+/t35-/m0/s1. The Morgan fingerprint density at radius 3 is 2.48 bits per heavy atom. The van der Waals surface area contributed by atoms with Crippen LogP contribution < -0.4 is 10.5 Å². The maximum atomic E-state index is 14.6. The molecule has 1 aliphatic heterocycles. The van der Waals surface area contributed by atoms with E-state index in [1.54, 1.807) is 6.08 Å². The summed E-state index contributed by atoms with van der Waals surface area (Å²) < 4.78 is 55.6. The third-order valence-corrected chi connectivity index (χ3v) is 8.37. The van der Waals surface area contributed by atoms with Crippen LogP contribution in [-0.2, 0) is 22.3 Å². The number of hydrogen-bond donors (Lipinski definition) is 1. The fourth-order valence-electron chi connectivity index (χ4n) is 5.84. The van der Waals surface area contributed by atoms with E-state index in [1.807, 2.05) is 74.2 Å². The van der Waals surface area contributed by atoms with Gasteiger partial charge < -0.3 is 15.2 Å². The molecule has 0 aromatic heterocycles. The molecular weight excluding hydrogens is 589 g/mol. The molecule has 1 atom stereocenters. The molecule has 0 saturated carbocycles. The van der Waals surface area contributed by atoms with Gasteiger partial charge in [0.25, 0.3) is 0 Å². The monoisotopic (exact) mass is 636 g/mol. The number of hydrogen-bond acceptors (Lipinski definition) is 5. The van der Waals surface area contributed by atoms with Crippen molar-refractivity contribution < 1.29 is 27.4 Å². The van der Waals surface area contributed by atoms with Gasteiger partial charge in [-0.1, -0.05) is 81.0 Å². The number of benzene rings is 3. The number of carbonyl (C=O) groups excluding carboxylic acids is 1. The summed E-state index contributed by atoms with van der Waals surface area (Å²) in [6, 6.07) is 18.0. The Bertz CT molecular complexity index is 1450. The van der Waals surface area contributed by atoms with Gasteiger partial charge in [0.1, 0.15) is 11.8 Å². The van der Waals surface area contributed by atoms with Gasteiger partial charge in [-0.05, 0) is 98.0 Å². The van der Waals surface area contributed by atoms with Crippen LogP contribution in [0.5, 0.6) is 5.75 Å². The molecule has 4 rings (SSSR count). The largest absolute Gasteiger partial charge is 0.493 e. The Kier molecular flexibility index (Phi) is 12.9. The highest BCUT2D eigenvalue weighted by atomic mass is 19.4. The topological polar surface area (TPSA) is 64.8 Å². The van der Waals surface area contributed by atoms with Crippen LogP contribution in [0.2, 0.25) is 0 Å². The smallest absolute Gasteiger partial charge is 0.417 e. The summed E-state index contributed by atoms with van der Waals surface area (Å²) in [5.74, 6) is 0.274. The zero-order valence-corrected chi connectivity index (χ0v) is 27.2. The second-order valence-electron chi connectivity index (χ2n) is 12.5. The molecule has 1 heterocycles. The number of nitrogens with zero attached hydrogens (tertiary/aromatic N) is 1. The van der Waals surface area contributed by atoms with Crippen LogP contribution in [0.1, 0.15) is 80.2 Å². The third kappa shape index (κ3) is 9.69. The Morgan fingerprint density at radius 2 is 1.76 bits per heavy atom. The van der Waals surface area contributed by atoms with Crippen LogP contribution in [-0.4, -0.2) is 43.2 Å². The lowest BCUT2D eigenvalue weighted by Crippen LogP contribution is -2.45. The summed E-state index contributed by atoms with van der Waals surface area (Å²) >= 11 is 0. The molecule has 248 valence electrons. The number of likely N-dealkylation sites (tertiary alicyclic amines) is 1. The predicted octanol–water partition coefficient (Wildman–Crippen LogP) is 8.91. The Hall–Kier alpha value is -3.62. The minimum atomic E-state index is -4.59. The van der Waals surface area contributed by atoms with Crippen molar-refractivity contribution in [3.63, 3.8) is 0 Å². The van der Waals surface area contributed by atoms with E-state index in [1.165, 1.54) is 18.2 Å². The molecule has 5 nitrogen and oxygen atoms in total. The number of ether oxygens (including phenoxy) is 2. The van der Waals surface area contributed by atoms with E-state index in [0.717, 1.165) is 54.4 Å². The van der Waals surface area contributed by atoms with Crippen molar-refractivity contribution in [2.45, 2.75) is 78.1 Å². The van der Waals surface area contributed by atoms with Gasteiger partial charge in [0.2, 0.25) is 0 Å².